The van der Waals surface area contributed by atoms with Gasteiger partial charge in [-0.1, -0.05) is 209 Å². The lowest BCUT2D eigenvalue weighted by Crippen LogP contribution is -2.07. The lowest BCUT2D eigenvalue weighted by molar-refractivity contribution is 0.243. The van der Waals surface area contributed by atoms with Crippen molar-refractivity contribution in [3.8, 4) is 93.1 Å². The van der Waals surface area contributed by atoms with Gasteiger partial charge >= 0.3 is 0 Å². The van der Waals surface area contributed by atoms with Crippen LogP contribution >= 0.6 is 0 Å². The summed E-state index contributed by atoms with van der Waals surface area (Å²) in [6.45, 7) is 20.7. The first-order valence-corrected chi connectivity index (χ1v) is 36.9. The van der Waals surface area contributed by atoms with Crippen molar-refractivity contribution >= 4 is 44.7 Å². The Bertz CT molecular complexity index is 3250. The number of nitrogens with zero attached hydrogens (tertiary/aromatic N) is 14. The molecule has 0 saturated carbocycles. The van der Waals surface area contributed by atoms with Crippen molar-refractivity contribution < 1.29 is 37.9 Å². The fraction of sp³-hybridized carbons (Fsp3) is 0.667. The molecular weight excluding hydrogens is 1220 g/mol. The zero-order valence-electron chi connectivity index (χ0n) is 58.8. The van der Waals surface area contributed by atoms with Crippen LogP contribution in [0.5, 0.6) is 47.0 Å². The first-order valence-electron chi connectivity index (χ1n) is 36.9. The van der Waals surface area contributed by atoms with Crippen LogP contribution in [0.1, 0.15) is 261 Å². The number of nitrogens with one attached hydrogen (secondary N) is 2. The minimum Gasteiger partial charge on any atom is -0.474 e. The number of rotatable bonds is 48. The second kappa shape index (κ2) is 39.3. The Balaban J connectivity index is 1.36. The van der Waals surface area contributed by atoms with E-state index in [1.54, 1.807) is 0 Å². The molecule has 0 fully saturated rings. The third-order valence-corrected chi connectivity index (χ3v) is 16.7. The minimum absolute atomic E-state index is 0.151. The van der Waals surface area contributed by atoms with E-state index in [0.29, 0.717) is 97.7 Å². The molecule has 9 heterocycles. The molecule has 2 aliphatic rings. The largest absolute Gasteiger partial charge is 0.474 e. The molecule has 0 aromatic carbocycles. The fourth-order valence-corrected chi connectivity index (χ4v) is 11.2. The van der Waals surface area contributed by atoms with Gasteiger partial charge in [-0.15, -0.1) is 0 Å². The topological polar surface area (TPSA) is 286 Å². The van der Waals surface area contributed by atoms with Crippen molar-refractivity contribution in [1.82, 2.24) is 79.7 Å². The summed E-state index contributed by atoms with van der Waals surface area (Å²) in [7, 11) is 0. The molecular formula is C72H106N16O8. The predicted octanol–water partition coefficient (Wildman–Crippen LogP) is 17.7. The SMILES string of the molecule is CCCCCCOc1nc2c(nc1OCCCCCC)-c1nc-2nc2[nH]c(nc3nc(nc4[nH]c(n1)c1nc(OCCCCCC)c(OCCCCCC)nc41)-c1nc(OCCCCCC)c(OCCCCCC)nc1-3)c1nc(OCCCCCC)c(OCCCCCC)nc21. The molecule has 8 bridgehead atoms. The number of unbranched alkanes of at least 4 members (excludes halogenated alkanes) is 24. The number of aromatic nitrogens is 16. The van der Waals surface area contributed by atoms with E-state index < -0.39 is 0 Å². The standard InChI is InChI=1S/C72H106N16O8/c1-9-17-25-33-41-89-65-66(90-42-34-26-18-10-2)74-50-49(73-65)57-81-58(50)86-60-53-54(78-70(94-46-38-30-22-14-6)69(77-53)93-45-37-29-21-13-5)62(83-60)88-64-56-55(79-71(95-47-39-31-23-15-7)72(80-56)96-48-40-32-24-16-8)63(84-64)87-61-52-51(59(82-61)85-57)75-67(91-43-35-27-19-11-3)68(76-52)92-44-36-28-20-12-4/h9-48H2,1-8H3,(H2,81,82,83,84,85,86,87,88). The molecule has 24 heteroatoms. The molecule has 0 aliphatic carbocycles. The smallest absolute Gasteiger partial charge is 0.278 e. The lowest BCUT2D eigenvalue weighted by atomic mass is 10.2. The Kier molecular flexibility index (Phi) is 29.6. The Morgan fingerprint density at radius 1 is 0.188 bits per heavy atom. The second-order valence-corrected chi connectivity index (χ2v) is 25.0. The summed E-state index contributed by atoms with van der Waals surface area (Å²) in [5, 5.41) is 0. The van der Waals surface area contributed by atoms with Crippen molar-refractivity contribution in [2.45, 2.75) is 261 Å². The van der Waals surface area contributed by atoms with Gasteiger partial charge in [0.05, 0.1) is 52.9 Å². The first-order chi connectivity index (χ1) is 47.3. The molecule has 2 aliphatic heterocycles. The van der Waals surface area contributed by atoms with E-state index in [2.05, 4.69) is 65.4 Å². The summed E-state index contributed by atoms with van der Waals surface area (Å²) < 4.78 is 52.2. The van der Waals surface area contributed by atoms with Gasteiger partial charge in [0.25, 0.3) is 47.0 Å². The van der Waals surface area contributed by atoms with Crippen LogP contribution in [0.3, 0.4) is 0 Å². The highest BCUT2D eigenvalue weighted by atomic mass is 16.5. The Morgan fingerprint density at radius 3 is 0.521 bits per heavy atom. The third-order valence-electron chi connectivity index (χ3n) is 16.7. The van der Waals surface area contributed by atoms with Gasteiger partial charge in [-0.25, -0.2) is 69.8 Å². The zero-order chi connectivity index (χ0) is 67.1. The number of ether oxygens (including phenoxy) is 8. The number of fused-ring (bicyclic) bond motifs is 20. The maximum atomic E-state index is 6.53. The van der Waals surface area contributed by atoms with E-state index in [1.807, 2.05) is 0 Å². The minimum atomic E-state index is 0.151. The van der Waals surface area contributed by atoms with E-state index in [-0.39, 0.29) is 92.9 Å². The lowest BCUT2D eigenvalue weighted by Gasteiger charge is -2.12. The predicted molar refractivity (Wildman–Crippen MR) is 376 cm³/mol. The van der Waals surface area contributed by atoms with Crippen LogP contribution in [0.2, 0.25) is 0 Å². The Labute approximate surface area is 566 Å². The highest BCUT2D eigenvalue weighted by Gasteiger charge is 2.32. The van der Waals surface area contributed by atoms with Gasteiger partial charge in [0, 0.05) is 0 Å². The maximum absolute atomic E-state index is 6.53. The normalized spacial score (nSPS) is 11.8. The summed E-state index contributed by atoms with van der Waals surface area (Å²) >= 11 is 0. The van der Waals surface area contributed by atoms with Crippen LogP contribution in [0, 0.1) is 0 Å². The highest BCUT2D eigenvalue weighted by molar-refractivity contribution is 6.01. The molecule has 96 heavy (non-hydrogen) atoms. The summed E-state index contributed by atoms with van der Waals surface area (Å²) in [5.74, 6) is 2.43. The van der Waals surface area contributed by atoms with Gasteiger partial charge in [0.15, 0.2) is 45.9 Å². The first kappa shape index (κ1) is 72.4. The fourth-order valence-electron chi connectivity index (χ4n) is 11.2. The molecule has 9 rings (SSSR count). The van der Waals surface area contributed by atoms with Gasteiger partial charge in [-0.2, -0.15) is 0 Å². The van der Waals surface area contributed by atoms with E-state index in [4.69, 9.17) is 108 Å². The monoisotopic (exact) mass is 1320 g/mol. The highest BCUT2D eigenvalue weighted by Crippen LogP contribution is 2.41. The van der Waals surface area contributed by atoms with E-state index >= 15 is 0 Å². The van der Waals surface area contributed by atoms with Gasteiger partial charge in [0.1, 0.15) is 44.8 Å². The molecule has 0 spiro atoms. The quantitative estimate of drug-likeness (QED) is 0.0335. The molecule has 2 N–H and O–H groups in total. The number of hydrogen-bond donors (Lipinski definition) is 2. The van der Waals surface area contributed by atoms with Crippen LogP contribution in [0.25, 0.3) is 90.7 Å². The number of aromatic amines is 2. The van der Waals surface area contributed by atoms with Crippen LogP contribution in [-0.4, -0.2) is 133 Å². The van der Waals surface area contributed by atoms with Crippen LogP contribution in [-0.2, 0) is 0 Å². The van der Waals surface area contributed by atoms with E-state index in [1.165, 1.54) is 0 Å². The van der Waals surface area contributed by atoms with Crippen LogP contribution < -0.4 is 37.9 Å². The molecule has 0 atom stereocenters. The zero-order valence-corrected chi connectivity index (χ0v) is 58.8. The van der Waals surface area contributed by atoms with E-state index in [0.717, 1.165) is 205 Å². The summed E-state index contributed by atoms with van der Waals surface area (Å²) in [6.07, 6.45) is 31.9. The van der Waals surface area contributed by atoms with Crippen LogP contribution in [0.4, 0.5) is 0 Å². The Hall–Kier alpha value is -7.92. The molecule has 24 nitrogen and oxygen atoms in total. The van der Waals surface area contributed by atoms with Crippen LogP contribution in [0.15, 0.2) is 0 Å². The molecule has 522 valence electrons. The van der Waals surface area contributed by atoms with E-state index in [9.17, 15) is 0 Å². The Morgan fingerprint density at radius 2 is 0.354 bits per heavy atom. The van der Waals surface area contributed by atoms with Gasteiger partial charge in [0.2, 0.25) is 0 Å². The molecule has 0 radical (unpaired) electrons. The average Bonchev–Trinajstić information content (AvgIpc) is 1.60. The molecule has 0 amide bonds. The van der Waals surface area contributed by atoms with Gasteiger partial charge in [-0.05, 0) is 51.4 Å². The van der Waals surface area contributed by atoms with Crippen molar-refractivity contribution in [3.05, 3.63) is 0 Å². The number of H-pyrrole nitrogens is 2. The molecule has 0 saturated heterocycles. The summed E-state index contributed by atoms with van der Waals surface area (Å²) in [6, 6.07) is 0. The van der Waals surface area contributed by atoms with Crippen molar-refractivity contribution in [1.29, 1.82) is 0 Å². The van der Waals surface area contributed by atoms with Crippen molar-refractivity contribution in [2.75, 3.05) is 52.9 Å². The van der Waals surface area contributed by atoms with Gasteiger partial charge < -0.3 is 47.9 Å². The van der Waals surface area contributed by atoms with Gasteiger partial charge in [-0.3, -0.25) is 0 Å². The molecule has 7 aromatic heterocycles. The third kappa shape index (κ3) is 20.1. The van der Waals surface area contributed by atoms with Crippen molar-refractivity contribution in [2.24, 2.45) is 0 Å². The number of hydrogen-bond acceptors (Lipinski definition) is 22. The summed E-state index contributed by atoms with van der Waals surface area (Å²) in [5.41, 5.74) is 3.43. The molecule has 7 aromatic rings. The van der Waals surface area contributed by atoms with Crippen molar-refractivity contribution in [3.63, 3.8) is 0 Å². The average molecular weight is 1320 g/mol. The summed E-state index contributed by atoms with van der Waals surface area (Å²) in [4.78, 5) is 80.4. The maximum Gasteiger partial charge on any atom is 0.278 e. The second-order valence-electron chi connectivity index (χ2n) is 25.0. The molecule has 0 unspecified atom stereocenters.